The lowest BCUT2D eigenvalue weighted by Gasteiger charge is -2.11. The Hall–Kier alpha value is -2.71. The summed E-state index contributed by atoms with van der Waals surface area (Å²) in [6, 6.07) is 0. The Bertz CT molecular complexity index is 852. The van der Waals surface area contributed by atoms with Crippen molar-refractivity contribution in [3.63, 3.8) is 0 Å². The molecule has 0 radical (unpaired) electrons. The highest BCUT2D eigenvalue weighted by atomic mass is 16.5. The molecule has 9 heteroatoms. The van der Waals surface area contributed by atoms with Crippen molar-refractivity contribution in [3.05, 3.63) is 26.5 Å². The molecule has 0 saturated heterocycles. The van der Waals surface area contributed by atoms with Crippen LogP contribution in [0.5, 0.6) is 0 Å². The van der Waals surface area contributed by atoms with E-state index in [9.17, 15) is 14.4 Å². The lowest BCUT2D eigenvalue weighted by molar-refractivity contribution is 0.0521. The maximum absolute atomic E-state index is 12.3. The van der Waals surface area contributed by atoms with Gasteiger partial charge in [0.05, 0.1) is 6.61 Å². The molecule has 2 heterocycles. The summed E-state index contributed by atoms with van der Waals surface area (Å²) < 4.78 is 7.16. The molecule has 2 aromatic heterocycles. The number of hydrogen-bond donors (Lipinski definition) is 1. The zero-order chi connectivity index (χ0) is 16.4. The molecule has 9 nitrogen and oxygen atoms in total. The number of nitrogen functional groups attached to an aromatic ring is 1. The molecule has 22 heavy (non-hydrogen) atoms. The highest BCUT2D eigenvalue weighted by Crippen LogP contribution is 2.12. The number of ether oxygens (including phenoxy) is 1. The Labute approximate surface area is 125 Å². The number of nitrogens with zero attached hydrogens (tertiary/aromatic N) is 4. The van der Waals surface area contributed by atoms with Crippen LogP contribution in [0.3, 0.4) is 0 Å². The van der Waals surface area contributed by atoms with Crippen LogP contribution >= 0.6 is 0 Å². The first kappa shape index (κ1) is 15.7. The first-order chi connectivity index (χ1) is 10.5. The normalized spacial score (nSPS) is 10.9. The third-order valence-corrected chi connectivity index (χ3v) is 3.17. The fraction of sp³-hybridized carbons (Fsp3) is 0.462. The molecule has 0 aromatic carbocycles. The van der Waals surface area contributed by atoms with Gasteiger partial charge in [0.1, 0.15) is 0 Å². The Morgan fingerprint density at radius 3 is 2.32 bits per heavy atom. The van der Waals surface area contributed by atoms with E-state index in [1.54, 1.807) is 20.8 Å². The second-order valence-electron chi connectivity index (χ2n) is 4.43. The Balaban J connectivity index is 2.90. The average Bonchev–Trinajstić information content (AvgIpc) is 2.48. The van der Waals surface area contributed by atoms with Crippen LogP contribution in [0.2, 0.25) is 0 Å². The van der Waals surface area contributed by atoms with Gasteiger partial charge in [0.25, 0.3) is 5.56 Å². The molecule has 0 spiro atoms. The zero-order valence-corrected chi connectivity index (χ0v) is 12.6. The molecular weight excluding hydrogens is 290 g/mol. The monoisotopic (exact) mass is 307 g/mol. The Morgan fingerprint density at radius 2 is 1.77 bits per heavy atom. The summed E-state index contributed by atoms with van der Waals surface area (Å²) in [5.74, 6) is -0.938. The number of carbonyl (C=O) groups is 1. The van der Waals surface area contributed by atoms with Gasteiger partial charge < -0.3 is 10.5 Å². The third kappa shape index (κ3) is 2.34. The van der Waals surface area contributed by atoms with Crippen molar-refractivity contribution in [2.75, 3.05) is 12.3 Å². The smallest absolute Gasteiger partial charge is 0.360 e. The number of carbonyl (C=O) groups excluding carboxylic acids is 1. The molecule has 2 N–H and O–H groups in total. The highest BCUT2D eigenvalue weighted by Gasteiger charge is 2.20. The van der Waals surface area contributed by atoms with Crippen LogP contribution in [0.25, 0.3) is 11.2 Å². The van der Waals surface area contributed by atoms with E-state index in [0.717, 1.165) is 4.57 Å². The Kier molecular flexibility index (Phi) is 4.25. The van der Waals surface area contributed by atoms with Gasteiger partial charge in [-0.05, 0) is 20.8 Å². The van der Waals surface area contributed by atoms with E-state index in [1.165, 1.54) is 4.57 Å². The molecule has 0 unspecified atom stereocenters. The lowest BCUT2D eigenvalue weighted by Crippen LogP contribution is -2.40. The van der Waals surface area contributed by atoms with Gasteiger partial charge in [0.15, 0.2) is 22.7 Å². The molecule has 0 saturated carbocycles. The molecule has 0 amide bonds. The van der Waals surface area contributed by atoms with Gasteiger partial charge in [0, 0.05) is 13.1 Å². The van der Waals surface area contributed by atoms with Crippen molar-refractivity contribution >= 4 is 23.0 Å². The summed E-state index contributed by atoms with van der Waals surface area (Å²) in [4.78, 5) is 44.4. The Morgan fingerprint density at radius 1 is 1.14 bits per heavy atom. The molecule has 0 aliphatic rings. The van der Waals surface area contributed by atoms with E-state index in [0.29, 0.717) is 6.54 Å². The van der Waals surface area contributed by atoms with Crippen molar-refractivity contribution in [1.82, 2.24) is 19.1 Å². The van der Waals surface area contributed by atoms with E-state index in [4.69, 9.17) is 10.5 Å². The number of esters is 1. The summed E-state index contributed by atoms with van der Waals surface area (Å²) in [6.45, 7) is 5.68. The summed E-state index contributed by atoms with van der Waals surface area (Å²) in [7, 11) is 0. The second-order valence-corrected chi connectivity index (χ2v) is 4.43. The predicted octanol–water partition coefficient (Wildman–Crippen LogP) is -0.248. The molecular formula is C13H17N5O4. The number of nitrogens with two attached hydrogens (primary N) is 1. The van der Waals surface area contributed by atoms with Gasteiger partial charge in [-0.25, -0.2) is 19.6 Å². The fourth-order valence-corrected chi connectivity index (χ4v) is 2.14. The number of hydrogen-bond acceptors (Lipinski definition) is 7. The highest BCUT2D eigenvalue weighted by molar-refractivity contribution is 5.94. The standard InChI is InChI=1S/C13H17N5O4/c1-4-17-10-8(11(19)18(5-2)13(17)21)15-7(9(14)16-10)12(20)22-6-3/h4-6H2,1-3H3,(H2,14,16). The molecule has 2 aromatic rings. The fourth-order valence-electron chi connectivity index (χ4n) is 2.14. The van der Waals surface area contributed by atoms with Gasteiger partial charge in [-0.1, -0.05) is 0 Å². The third-order valence-electron chi connectivity index (χ3n) is 3.17. The van der Waals surface area contributed by atoms with Crippen LogP contribution in [0.15, 0.2) is 9.59 Å². The predicted molar refractivity (Wildman–Crippen MR) is 79.8 cm³/mol. The quantitative estimate of drug-likeness (QED) is 0.773. The molecule has 0 aliphatic heterocycles. The SMILES string of the molecule is CCOC(=O)c1nc2c(=O)n(CC)c(=O)n(CC)c2nc1N. The number of fused-ring (bicyclic) bond motifs is 1. The van der Waals surface area contributed by atoms with E-state index in [2.05, 4.69) is 9.97 Å². The lowest BCUT2D eigenvalue weighted by atomic mass is 10.3. The molecule has 0 fully saturated rings. The van der Waals surface area contributed by atoms with Crippen LogP contribution in [-0.2, 0) is 17.8 Å². The maximum atomic E-state index is 12.3. The number of aryl methyl sites for hydroxylation is 1. The topological polar surface area (TPSA) is 122 Å². The largest absolute Gasteiger partial charge is 0.461 e. The summed E-state index contributed by atoms with van der Waals surface area (Å²) >= 11 is 0. The van der Waals surface area contributed by atoms with Crippen LogP contribution < -0.4 is 17.0 Å². The van der Waals surface area contributed by atoms with Crippen molar-refractivity contribution in [3.8, 4) is 0 Å². The van der Waals surface area contributed by atoms with Gasteiger partial charge in [-0.15, -0.1) is 0 Å². The van der Waals surface area contributed by atoms with Crippen LogP contribution in [0.4, 0.5) is 5.82 Å². The van der Waals surface area contributed by atoms with Crippen molar-refractivity contribution in [1.29, 1.82) is 0 Å². The van der Waals surface area contributed by atoms with Crippen LogP contribution in [-0.4, -0.2) is 31.7 Å². The minimum absolute atomic E-state index is 0.0627. The molecule has 0 atom stereocenters. The van der Waals surface area contributed by atoms with Crippen LogP contribution in [0, 0.1) is 0 Å². The van der Waals surface area contributed by atoms with Crippen molar-refractivity contribution in [2.45, 2.75) is 33.9 Å². The number of rotatable bonds is 4. The number of anilines is 1. The molecule has 118 valence electrons. The zero-order valence-electron chi connectivity index (χ0n) is 12.6. The minimum atomic E-state index is -0.758. The first-order valence-corrected chi connectivity index (χ1v) is 6.94. The summed E-state index contributed by atoms with van der Waals surface area (Å²) in [5, 5.41) is 0. The molecule has 0 aliphatic carbocycles. The second kappa shape index (κ2) is 5.96. The first-order valence-electron chi connectivity index (χ1n) is 6.94. The number of aromatic nitrogens is 4. The minimum Gasteiger partial charge on any atom is -0.461 e. The van der Waals surface area contributed by atoms with Gasteiger partial charge in [-0.3, -0.25) is 13.9 Å². The summed E-state index contributed by atoms with van der Waals surface area (Å²) in [5.41, 5.74) is 4.37. The van der Waals surface area contributed by atoms with Crippen molar-refractivity contribution < 1.29 is 9.53 Å². The van der Waals surface area contributed by atoms with E-state index in [1.807, 2.05) is 0 Å². The van der Waals surface area contributed by atoms with E-state index in [-0.39, 0.29) is 35.8 Å². The van der Waals surface area contributed by atoms with Crippen molar-refractivity contribution in [2.24, 2.45) is 0 Å². The molecule has 0 bridgehead atoms. The van der Waals surface area contributed by atoms with E-state index < -0.39 is 17.2 Å². The van der Waals surface area contributed by atoms with Gasteiger partial charge in [-0.2, -0.15) is 0 Å². The summed E-state index contributed by atoms with van der Waals surface area (Å²) in [6.07, 6.45) is 0. The maximum Gasteiger partial charge on any atom is 0.360 e. The molecule has 2 rings (SSSR count). The van der Waals surface area contributed by atoms with E-state index >= 15 is 0 Å². The van der Waals surface area contributed by atoms with Crippen LogP contribution in [0.1, 0.15) is 31.3 Å². The average molecular weight is 307 g/mol. The van der Waals surface area contributed by atoms with Gasteiger partial charge >= 0.3 is 11.7 Å². The van der Waals surface area contributed by atoms with Gasteiger partial charge in [0.2, 0.25) is 0 Å².